The Hall–Kier alpha value is -4.92. The minimum Gasteiger partial charge on any atom is -0.491 e. The predicted molar refractivity (Wildman–Crippen MR) is 178 cm³/mol. The van der Waals surface area contributed by atoms with Crippen molar-refractivity contribution in [2.75, 3.05) is 30.3 Å². The Morgan fingerprint density at radius 1 is 1.10 bits per heavy atom. The SMILES string of the molecule is CCOc1ccc(-c2ccc([C@@H](Oc3cc(N4CCC5(CC4)CC(C(=O)O)NC5CC)nc(N)n3)C(F)(F)F)c(-n3ccc(C)n3)c2)cc1F. The number of aliphatic carboxylic acids is 1. The number of halogens is 4. The minimum absolute atomic E-state index is 0.0419. The maximum Gasteiger partial charge on any atom is 0.429 e. The maximum absolute atomic E-state index is 14.9. The van der Waals surface area contributed by atoms with Gasteiger partial charge in [0.15, 0.2) is 11.6 Å². The van der Waals surface area contributed by atoms with E-state index in [1.165, 1.54) is 47.3 Å². The van der Waals surface area contributed by atoms with Gasteiger partial charge in [0.1, 0.15) is 11.9 Å². The summed E-state index contributed by atoms with van der Waals surface area (Å²) >= 11 is 0. The van der Waals surface area contributed by atoms with Crippen LogP contribution in [0.1, 0.15) is 56.9 Å². The molecule has 6 rings (SSSR count). The monoisotopic (exact) mass is 697 g/mol. The second-order valence-corrected chi connectivity index (χ2v) is 12.8. The molecule has 2 saturated heterocycles. The van der Waals surface area contributed by atoms with E-state index in [4.69, 9.17) is 15.2 Å². The Bertz CT molecular complexity index is 1860. The number of aromatic nitrogens is 4. The number of aryl methyl sites for hydroxylation is 1. The van der Waals surface area contributed by atoms with Crippen molar-refractivity contribution < 1.29 is 36.9 Å². The second-order valence-electron chi connectivity index (χ2n) is 12.8. The molecule has 0 aliphatic carbocycles. The van der Waals surface area contributed by atoms with Gasteiger partial charge < -0.3 is 30.5 Å². The number of hydrogen-bond acceptors (Lipinski definition) is 9. The molecule has 1 spiro atoms. The molecule has 2 unspecified atom stereocenters. The molecule has 0 radical (unpaired) electrons. The highest BCUT2D eigenvalue weighted by Crippen LogP contribution is 2.46. The molecule has 2 fully saturated rings. The topological polar surface area (TPSA) is 141 Å². The van der Waals surface area contributed by atoms with E-state index in [9.17, 15) is 27.5 Å². The molecule has 2 aromatic carbocycles. The number of anilines is 2. The van der Waals surface area contributed by atoms with E-state index in [0.29, 0.717) is 55.0 Å². The number of hydrogen-bond donors (Lipinski definition) is 3. The van der Waals surface area contributed by atoms with Gasteiger partial charge in [0.05, 0.1) is 18.0 Å². The van der Waals surface area contributed by atoms with Crippen LogP contribution in [0.3, 0.4) is 0 Å². The number of nitrogen functional groups attached to an aromatic ring is 1. The number of alkyl halides is 3. The number of benzene rings is 2. The van der Waals surface area contributed by atoms with E-state index in [1.807, 2.05) is 11.8 Å². The first kappa shape index (κ1) is 34.9. The van der Waals surface area contributed by atoms with Crippen molar-refractivity contribution in [2.45, 2.75) is 70.8 Å². The Kier molecular flexibility index (Phi) is 9.62. The molecule has 15 heteroatoms. The summed E-state index contributed by atoms with van der Waals surface area (Å²) in [5.41, 5.74) is 7.09. The Balaban J connectivity index is 1.31. The quantitative estimate of drug-likeness (QED) is 0.163. The van der Waals surface area contributed by atoms with E-state index in [2.05, 4.69) is 20.4 Å². The van der Waals surface area contributed by atoms with Crippen molar-refractivity contribution in [3.8, 4) is 28.4 Å². The standard InChI is InChI=1S/C35H39F4N7O4/c1-4-28-34(19-25(41-28)32(47)48)11-14-45(15-12-34)29-18-30(43-33(40)42-29)50-31(35(37,38)39)23-8-6-22(17-26(23)46-13-10-20(3)44-46)21-7-9-27(49-5-2)24(36)16-21/h6-10,13,16-18,25,28,31,41H,4-5,11-12,14-15,19H2,1-3H3,(H,47,48)(H2,40,42,43)/t25?,28?,31-/m1/s1. The van der Waals surface area contributed by atoms with Crippen LogP contribution >= 0.6 is 0 Å². The van der Waals surface area contributed by atoms with Gasteiger partial charge in [0.25, 0.3) is 0 Å². The van der Waals surface area contributed by atoms with Crippen LogP contribution in [0.15, 0.2) is 54.7 Å². The number of carboxylic acids is 1. The van der Waals surface area contributed by atoms with E-state index in [1.54, 1.807) is 26.0 Å². The van der Waals surface area contributed by atoms with Crippen LogP contribution in [0.2, 0.25) is 0 Å². The van der Waals surface area contributed by atoms with Gasteiger partial charge in [-0.25, -0.2) is 9.07 Å². The molecule has 3 atom stereocenters. The zero-order valence-corrected chi connectivity index (χ0v) is 27.9. The van der Waals surface area contributed by atoms with E-state index in [-0.39, 0.29) is 46.9 Å². The van der Waals surface area contributed by atoms with Gasteiger partial charge in [-0.1, -0.05) is 25.1 Å². The highest BCUT2D eigenvalue weighted by molar-refractivity contribution is 5.74. The molecule has 4 N–H and O–H groups in total. The summed E-state index contributed by atoms with van der Waals surface area (Å²) in [6.45, 7) is 6.74. The predicted octanol–water partition coefficient (Wildman–Crippen LogP) is 6.25. The molecular formula is C35H39F4N7O4. The summed E-state index contributed by atoms with van der Waals surface area (Å²) in [7, 11) is 0. The third-order valence-electron chi connectivity index (χ3n) is 9.63. The normalized spacial score (nSPS) is 19.5. The Morgan fingerprint density at radius 3 is 2.44 bits per heavy atom. The first-order chi connectivity index (χ1) is 23.8. The molecule has 50 heavy (non-hydrogen) atoms. The summed E-state index contributed by atoms with van der Waals surface area (Å²) < 4.78 is 71.8. The Labute approximate surface area is 286 Å². The van der Waals surface area contributed by atoms with Gasteiger partial charge in [0.2, 0.25) is 17.9 Å². The zero-order chi connectivity index (χ0) is 35.8. The Morgan fingerprint density at radius 2 is 1.82 bits per heavy atom. The van der Waals surface area contributed by atoms with Gasteiger partial charge in [-0.05, 0) is 80.3 Å². The molecule has 2 aliphatic rings. The summed E-state index contributed by atoms with van der Waals surface area (Å²) in [5.74, 6) is -1.71. The molecule has 266 valence electrons. The van der Waals surface area contributed by atoms with Gasteiger partial charge >= 0.3 is 12.1 Å². The molecular weight excluding hydrogens is 658 g/mol. The van der Waals surface area contributed by atoms with Crippen molar-refractivity contribution in [1.82, 2.24) is 25.1 Å². The number of rotatable bonds is 10. The highest BCUT2D eigenvalue weighted by Gasteiger charge is 2.50. The lowest BCUT2D eigenvalue weighted by molar-refractivity contribution is -0.198. The maximum atomic E-state index is 14.9. The lowest BCUT2D eigenvalue weighted by Crippen LogP contribution is -2.46. The second kappa shape index (κ2) is 13.8. The van der Waals surface area contributed by atoms with Gasteiger partial charge in [0, 0.05) is 37.0 Å². The molecule has 0 amide bonds. The number of carboxylic acid groups (broad SMARTS) is 1. The van der Waals surface area contributed by atoms with Crippen molar-refractivity contribution >= 4 is 17.7 Å². The molecule has 11 nitrogen and oxygen atoms in total. The van der Waals surface area contributed by atoms with Gasteiger partial charge in [-0.15, -0.1) is 0 Å². The smallest absolute Gasteiger partial charge is 0.429 e. The van der Waals surface area contributed by atoms with Gasteiger partial charge in [-0.3, -0.25) is 4.79 Å². The van der Waals surface area contributed by atoms with Crippen molar-refractivity contribution in [2.24, 2.45) is 5.41 Å². The van der Waals surface area contributed by atoms with Crippen LogP contribution < -0.4 is 25.4 Å². The number of nitrogens with two attached hydrogens (primary N) is 1. The average molecular weight is 698 g/mol. The largest absolute Gasteiger partial charge is 0.491 e. The van der Waals surface area contributed by atoms with Crippen LogP contribution in [0.25, 0.3) is 16.8 Å². The molecule has 2 aromatic heterocycles. The van der Waals surface area contributed by atoms with Crippen molar-refractivity contribution in [3.05, 3.63) is 71.8 Å². The van der Waals surface area contributed by atoms with E-state index in [0.717, 1.165) is 6.42 Å². The highest BCUT2D eigenvalue weighted by atomic mass is 19.4. The molecule has 2 aliphatic heterocycles. The van der Waals surface area contributed by atoms with E-state index < -0.39 is 30.1 Å². The van der Waals surface area contributed by atoms with Crippen LogP contribution in [-0.4, -0.2) is 68.8 Å². The fourth-order valence-electron chi connectivity index (χ4n) is 7.20. The lowest BCUT2D eigenvalue weighted by atomic mass is 9.71. The number of nitrogens with one attached hydrogen (secondary N) is 1. The number of piperidine rings is 1. The zero-order valence-electron chi connectivity index (χ0n) is 27.9. The number of ether oxygens (including phenoxy) is 2. The molecule has 4 aromatic rings. The van der Waals surface area contributed by atoms with Crippen LogP contribution in [0.4, 0.5) is 29.3 Å². The van der Waals surface area contributed by atoms with E-state index >= 15 is 0 Å². The fourth-order valence-corrected chi connectivity index (χ4v) is 7.20. The molecule has 0 bridgehead atoms. The third kappa shape index (κ3) is 7.04. The summed E-state index contributed by atoms with van der Waals surface area (Å²) in [5, 5.41) is 17.2. The van der Waals surface area contributed by atoms with Crippen LogP contribution in [0, 0.1) is 18.2 Å². The van der Waals surface area contributed by atoms with Crippen molar-refractivity contribution in [3.63, 3.8) is 0 Å². The lowest BCUT2D eigenvalue weighted by Gasteiger charge is -2.43. The average Bonchev–Trinajstić information content (AvgIpc) is 3.67. The number of nitrogens with zero attached hydrogens (tertiary/aromatic N) is 5. The summed E-state index contributed by atoms with van der Waals surface area (Å²) in [6.07, 6.45) is -3.22. The first-order valence-corrected chi connectivity index (χ1v) is 16.5. The van der Waals surface area contributed by atoms with Crippen LogP contribution in [0.5, 0.6) is 11.6 Å². The summed E-state index contributed by atoms with van der Waals surface area (Å²) in [4.78, 5) is 21.9. The summed E-state index contributed by atoms with van der Waals surface area (Å²) in [6, 6.07) is 11.0. The van der Waals surface area contributed by atoms with Crippen LogP contribution in [-0.2, 0) is 4.79 Å². The molecule has 4 heterocycles. The minimum atomic E-state index is -4.90. The third-order valence-corrected chi connectivity index (χ3v) is 9.63. The van der Waals surface area contributed by atoms with Gasteiger partial charge in [-0.2, -0.15) is 28.2 Å². The fraction of sp³-hybridized carbons (Fsp3) is 0.429. The number of carbonyl (C=O) groups is 1. The van der Waals surface area contributed by atoms with Crippen molar-refractivity contribution in [1.29, 1.82) is 0 Å². The molecule has 0 saturated carbocycles. The first-order valence-electron chi connectivity index (χ1n) is 16.5.